The zero-order valence-electron chi connectivity index (χ0n) is 14.4. The van der Waals surface area contributed by atoms with Crippen LogP contribution in [0.25, 0.3) is 0 Å². The lowest BCUT2D eigenvalue weighted by molar-refractivity contribution is -0.908. The number of piperidine rings is 1. The van der Waals surface area contributed by atoms with E-state index in [1.165, 1.54) is 50.0 Å². The Morgan fingerprint density at radius 3 is 3.00 bits per heavy atom. The Morgan fingerprint density at radius 1 is 1.36 bits per heavy atom. The molecule has 1 aliphatic heterocycles. The monoisotopic (exact) mass is 302 g/mol. The van der Waals surface area contributed by atoms with Gasteiger partial charge in [-0.3, -0.25) is 0 Å². The van der Waals surface area contributed by atoms with E-state index in [1.807, 2.05) is 6.08 Å². The van der Waals surface area contributed by atoms with Crippen LogP contribution in [0.1, 0.15) is 43.7 Å². The van der Waals surface area contributed by atoms with Crippen molar-refractivity contribution >= 4 is 0 Å². The molecule has 0 aliphatic carbocycles. The van der Waals surface area contributed by atoms with Gasteiger partial charge in [0.25, 0.3) is 0 Å². The topological polar surface area (TPSA) is 13.7 Å². The number of aryl methyl sites for hydroxylation is 1. The second-order valence-electron chi connectivity index (χ2n) is 6.81. The van der Waals surface area contributed by atoms with E-state index in [0.29, 0.717) is 0 Å². The van der Waals surface area contributed by atoms with Crippen LogP contribution in [0.15, 0.2) is 30.9 Å². The Labute approximate surface area is 136 Å². The number of rotatable bonds is 8. The average molecular weight is 302 g/mol. The molecular weight excluding hydrogens is 270 g/mol. The SMILES string of the molecule is C=CCc1cccc(C)c1OCCCC[NH+]1CCC[C@@H](C)C1. The lowest BCUT2D eigenvalue weighted by atomic mass is 10.0. The number of allylic oxidation sites excluding steroid dienone is 1. The van der Waals surface area contributed by atoms with Gasteiger partial charge < -0.3 is 9.64 Å². The molecule has 1 aromatic carbocycles. The summed E-state index contributed by atoms with van der Waals surface area (Å²) in [5.41, 5.74) is 2.49. The van der Waals surface area contributed by atoms with E-state index in [9.17, 15) is 0 Å². The normalized spacial score (nSPS) is 21.5. The Bertz CT molecular complexity index is 469. The largest absolute Gasteiger partial charge is 0.493 e. The molecule has 1 aromatic rings. The number of hydrogen-bond donors (Lipinski definition) is 1. The van der Waals surface area contributed by atoms with Crippen LogP contribution >= 0.6 is 0 Å². The van der Waals surface area contributed by atoms with Crippen molar-refractivity contribution in [1.29, 1.82) is 0 Å². The van der Waals surface area contributed by atoms with Gasteiger partial charge in [0.05, 0.1) is 26.2 Å². The Kier molecular flexibility index (Phi) is 6.98. The fourth-order valence-electron chi connectivity index (χ4n) is 3.51. The highest BCUT2D eigenvalue weighted by Crippen LogP contribution is 2.24. The molecule has 1 unspecified atom stereocenters. The molecule has 1 fully saturated rings. The molecule has 2 rings (SSSR count). The number of unbranched alkanes of at least 4 members (excludes halogenated alkanes) is 1. The molecule has 1 heterocycles. The highest BCUT2D eigenvalue weighted by Gasteiger charge is 2.18. The predicted octanol–water partition coefficient (Wildman–Crippen LogP) is 3.20. The van der Waals surface area contributed by atoms with E-state index in [-0.39, 0.29) is 0 Å². The van der Waals surface area contributed by atoms with Gasteiger partial charge in [-0.15, -0.1) is 6.58 Å². The molecule has 2 heteroatoms. The summed E-state index contributed by atoms with van der Waals surface area (Å²) < 4.78 is 6.07. The number of benzene rings is 1. The van der Waals surface area contributed by atoms with Crippen LogP contribution in [-0.4, -0.2) is 26.2 Å². The smallest absolute Gasteiger partial charge is 0.125 e. The molecule has 0 saturated carbocycles. The van der Waals surface area contributed by atoms with Gasteiger partial charge in [-0.1, -0.05) is 31.2 Å². The van der Waals surface area contributed by atoms with E-state index in [2.05, 4.69) is 38.6 Å². The Balaban J connectivity index is 1.71. The third-order valence-electron chi connectivity index (χ3n) is 4.69. The van der Waals surface area contributed by atoms with Crippen LogP contribution in [0.5, 0.6) is 5.75 Å². The summed E-state index contributed by atoms with van der Waals surface area (Å²) in [7, 11) is 0. The summed E-state index contributed by atoms with van der Waals surface area (Å²) in [6, 6.07) is 6.37. The number of hydrogen-bond acceptors (Lipinski definition) is 1. The molecule has 0 spiro atoms. The highest BCUT2D eigenvalue weighted by molar-refractivity contribution is 5.41. The first-order valence-corrected chi connectivity index (χ1v) is 8.86. The zero-order valence-corrected chi connectivity index (χ0v) is 14.4. The number of likely N-dealkylation sites (tertiary alicyclic amines) is 1. The lowest BCUT2D eigenvalue weighted by Crippen LogP contribution is -3.13. The van der Waals surface area contributed by atoms with Gasteiger partial charge in [-0.2, -0.15) is 0 Å². The first-order valence-electron chi connectivity index (χ1n) is 8.86. The first kappa shape index (κ1) is 17.1. The molecular formula is C20H32NO+. The van der Waals surface area contributed by atoms with E-state index in [0.717, 1.165) is 31.1 Å². The van der Waals surface area contributed by atoms with Crippen molar-refractivity contribution < 1.29 is 9.64 Å². The molecule has 0 amide bonds. The summed E-state index contributed by atoms with van der Waals surface area (Å²) in [5, 5.41) is 0. The van der Waals surface area contributed by atoms with Gasteiger partial charge in [0.1, 0.15) is 5.75 Å². The van der Waals surface area contributed by atoms with Crippen molar-refractivity contribution in [3.8, 4) is 5.75 Å². The third kappa shape index (κ3) is 5.17. The average Bonchev–Trinajstić information content (AvgIpc) is 2.50. The lowest BCUT2D eigenvalue weighted by Gasteiger charge is -2.27. The van der Waals surface area contributed by atoms with Gasteiger partial charge in [-0.05, 0) is 50.2 Å². The van der Waals surface area contributed by atoms with Gasteiger partial charge in [0.15, 0.2) is 0 Å². The van der Waals surface area contributed by atoms with Crippen molar-refractivity contribution in [2.75, 3.05) is 26.2 Å². The van der Waals surface area contributed by atoms with Gasteiger partial charge in [0, 0.05) is 5.92 Å². The maximum atomic E-state index is 6.07. The van der Waals surface area contributed by atoms with E-state index in [1.54, 1.807) is 4.90 Å². The molecule has 1 aliphatic rings. The third-order valence-corrected chi connectivity index (χ3v) is 4.69. The van der Waals surface area contributed by atoms with Crippen LogP contribution in [0, 0.1) is 12.8 Å². The molecule has 2 nitrogen and oxygen atoms in total. The van der Waals surface area contributed by atoms with Crippen molar-refractivity contribution in [3.63, 3.8) is 0 Å². The second kappa shape index (κ2) is 8.99. The van der Waals surface area contributed by atoms with E-state index < -0.39 is 0 Å². The molecule has 0 radical (unpaired) electrons. The molecule has 0 aromatic heterocycles. The molecule has 122 valence electrons. The van der Waals surface area contributed by atoms with Gasteiger partial charge >= 0.3 is 0 Å². The van der Waals surface area contributed by atoms with Gasteiger partial charge in [0.2, 0.25) is 0 Å². The van der Waals surface area contributed by atoms with E-state index in [4.69, 9.17) is 4.74 Å². The summed E-state index contributed by atoms with van der Waals surface area (Å²) in [4.78, 5) is 1.79. The van der Waals surface area contributed by atoms with Crippen LogP contribution < -0.4 is 9.64 Å². The zero-order chi connectivity index (χ0) is 15.8. The van der Waals surface area contributed by atoms with Gasteiger partial charge in [-0.25, -0.2) is 0 Å². The Morgan fingerprint density at radius 2 is 2.23 bits per heavy atom. The minimum absolute atomic E-state index is 0.831. The molecule has 2 atom stereocenters. The van der Waals surface area contributed by atoms with Crippen LogP contribution in [0.2, 0.25) is 0 Å². The van der Waals surface area contributed by atoms with Crippen molar-refractivity contribution in [3.05, 3.63) is 42.0 Å². The number of nitrogens with one attached hydrogen (secondary N) is 1. The molecule has 1 N–H and O–H groups in total. The summed E-state index contributed by atoms with van der Waals surface area (Å²) in [6.07, 6.45) is 8.08. The maximum Gasteiger partial charge on any atom is 0.125 e. The molecule has 22 heavy (non-hydrogen) atoms. The first-order chi connectivity index (χ1) is 10.7. The predicted molar refractivity (Wildman–Crippen MR) is 93.8 cm³/mol. The highest BCUT2D eigenvalue weighted by atomic mass is 16.5. The van der Waals surface area contributed by atoms with Crippen LogP contribution in [0.3, 0.4) is 0 Å². The van der Waals surface area contributed by atoms with E-state index >= 15 is 0 Å². The van der Waals surface area contributed by atoms with Crippen molar-refractivity contribution in [2.45, 2.75) is 46.0 Å². The Hall–Kier alpha value is -1.28. The minimum atomic E-state index is 0.831. The fraction of sp³-hybridized carbons (Fsp3) is 0.600. The van der Waals surface area contributed by atoms with Crippen molar-refractivity contribution in [2.24, 2.45) is 5.92 Å². The summed E-state index contributed by atoms with van der Waals surface area (Å²) >= 11 is 0. The minimum Gasteiger partial charge on any atom is -0.493 e. The number of quaternary nitrogens is 1. The second-order valence-corrected chi connectivity index (χ2v) is 6.81. The molecule has 1 saturated heterocycles. The maximum absolute atomic E-state index is 6.07. The van der Waals surface area contributed by atoms with Crippen LogP contribution in [0.4, 0.5) is 0 Å². The number of para-hydroxylation sites is 1. The summed E-state index contributed by atoms with van der Waals surface area (Å²) in [5.74, 6) is 1.98. The van der Waals surface area contributed by atoms with Crippen LogP contribution in [-0.2, 0) is 6.42 Å². The number of ether oxygens (including phenoxy) is 1. The van der Waals surface area contributed by atoms with Crippen molar-refractivity contribution in [1.82, 2.24) is 0 Å². The fourth-order valence-corrected chi connectivity index (χ4v) is 3.51. The quantitative estimate of drug-likeness (QED) is 0.575. The standard InChI is InChI=1S/C20H31NO/c1-4-9-19-12-7-11-18(3)20(19)22-15-6-5-13-21-14-8-10-17(2)16-21/h4,7,11-12,17H,1,5-6,8-10,13-16H2,2-3H3/p+1/t17-/m1/s1. The molecule has 0 bridgehead atoms. The summed E-state index contributed by atoms with van der Waals surface area (Å²) in [6.45, 7) is 13.2.